The highest BCUT2D eigenvalue weighted by Crippen LogP contribution is 2.29. The Bertz CT molecular complexity index is 882. The molecule has 2 N–H and O–H groups in total. The van der Waals surface area contributed by atoms with Crippen LogP contribution in [0, 0.1) is 13.8 Å². The number of pyridine rings is 1. The van der Waals surface area contributed by atoms with Gasteiger partial charge in [-0.3, -0.25) is 4.79 Å². The van der Waals surface area contributed by atoms with Crippen LogP contribution in [0.1, 0.15) is 49.6 Å². The Hall–Kier alpha value is -2.13. The van der Waals surface area contributed by atoms with Gasteiger partial charge in [-0.05, 0) is 48.9 Å². The molecule has 1 aliphatic heterocycles. The molecule has 0 atom stereocenters. The van der Waals surface area contributed by atoms with Gasteiger partial charge in [-0.1, -0.05) is 45.0 Å². The van der Waals surface area contributed by atoms with Crippen molar-refractivity contribution in [2.45, 2.75) is 46.5 Å². The number of aromatic nitrogens is 1. The zero-order valence-corrected chi connectivity index (χ0v) is 15.9. The van der Waals surface area contributed by atoms with E-state index in [0.717, 1.165) is 47.6 Å². The summed E-state index contributed by atoms with van der Waals surface area (Å²) in [6.07, 6.45) is 3.03. The Morgan fingerprint density at radius 2 is 1.84 bits per heavy atom. The lowest BCUT2D eigenvalue weighted by atomic mass is 9.85. The molecule has 3 nitrogen and oxygen atoms in total. The van der Waals surface area contributed by atoms with Gasteiger partial charge in [0.25, 0.3) is 0 Å². The highest BCUT2D eigenvalue weighted by molar-refractivity contribution is 5.71. The van der Waals surface area contributed by atoms with Crippen LogP contribution in [0.15, 0.2) is 35.1 Å². The predicted octanol–water partition coefficient (Wildman–Crippen LogP) is 4.33. The molecule has 0 bridgehead atoms. The fourth-order valence-electron chi connectivity index (χ4n) is 3.51. The summed E-state index contributed by atoms with van der Waals surface area (Å²) in [4.78, 5) is 16.3. The zero-order chi connectivity index (χ0) is 18.2. The van der Waals surface area contributed by atoms with Crippen molar-refractivity contribution in [1.82, 2.24) is 10.3 Å². The topological polar surface area (TPSA) is 44.9 Å². The summed E-state index contributed by atoms with van der Waals surface area (Å²) in [6.45, 7) is 12.5. The quantitative estimate of drug-likeness (QED) is 0.857. The van der Waals surface area contributed by atoms with Gasteiger partial charge in [-0.25, -0.2) is 0 Å². The van der Waals surface area contributed by atoms with Gasteiger partial charge < -0.3 is 10.3 Å². The Morgan fingerprint density at radius 3 is 2.40 bits per heavy atom. The lowest BCUT2D eigenvalue weighted by molar-refractivity contribution is 0.590. The minimum atomic E-state index is 0.110. The Labute approximate surface area is 150 Å². The van der Waals surface area contributed by atoms with E-state index >= 15 is 0 Å². The third-order valence-corrected chi connectivity index (χ3v) is 4.99. The van der Waals surface area contributed by atoms with E-state index in [2.05, 4.69) is 62.3 Å². The second kappa shape index (κ2) is 6.64. The normalized spacial score (nSPS) is 15.2. The van der Waals surface area contributed by atoms with Crippen molar-refractivity contribution >= 4 is 5.57 Å². The minimum absolute atomic E-state index is 0.110. The molecule has 0 amide bonds. The molecule has 1 aromatic heterocycles. The van der Waals surface area contributed by atoms with Crippen LogP contribution < -0.4 is 10.7 Å². The SMILES string of the molecule is Cc1cc(C(C)(C)C)ccc1-c1cc(=O)c(C2=CCNCC2)c(C)[nH]1. The summed E-state index contributed by atoms with van der Waals surface area (Å²) in [6, 6.07) is 8.28. The van der Waals surface area contributed by atoms with E-state index in [1.807, 2.05) is 6.92 Å². The molecule has 2 heterocycles. The maximum atomic E-state index is 12.8. The summed E-state index contributed by atoms with van der Waals surface area (Å²) >= 11 is 0. The lowest BCUT2D eigenvalue weighted by Gasteiger charge is -2.21. The first-order chi connectivity index (χ1) is 11.8. The van der Waals surface area contributed by atoms with E-state index in [1.165, 1.54) is 11.1 Å². The number of aromatic amines is 1. The second-order valence-electron chi connectivity index (χ2n) is 8.01. The van der Waals surface area contributed by atoms with Gasteiger partial charge in [-0.15, -0.1) is 0 Å². The van der Waals surface area contributed by atoms with Gasteiger partial charge in [0.15, 0.2) is 5.43 Å². The fourth-order valence-corrected chi connectivity index (χ4v) is 3.51. The highest BCUT2D eigenvalue weighted by atomic mass is 16.1. The monoisotopic (exact) mass is 336 g/mol. The summed E-state index contributed by atoms with van der Waals surface area (Å²) in [5, 5.41) is 3.30. The van der Waals surface area contributed by atoms with E-state index < -0.39 is 0 Å². The van der Waals surface area contributed by atoms with Crippen molar-refractivity contribution in [2.75, 3.05) is 13.1 Å². The molecule has 3 heteroatoms. The maximum absolute atomic E-state index is 12.8. The van der Waals surface area contributed by atoms with Crippen molar-refractivity contribution in [3.05, 3.63) is 62.9 Å². The summed E-state index contributed by atoms with van der Waals surface area (Å²) < 4.78 is 0. The second-order valence-corrected chi connectivity index (χ2v) is 8.01. The smallest absolute Gasteiger partial charge is 0.189 e. The van der Waals surface area contributed by atoms with E-state index in [4.69, 9.17) is 0 Å². The molecule has 3 rings (SSSR count). The van der Waals surface area contributed by atoms with Crippen LogP contribution in [-0.2, 0) is 5.41 Å². The van der Waals surface area contributed by atoms with E-state index in [-0.39, 0.29) is 10.8 Å². The molecule has 0 radical (unpaired) electrons. The van der Waals surface area contributed by atoms with Crippen LogP contribution >= 0.6 is 0 Å². The van der Waals surface area contributed by atoms with E-state index in [1.54, 1.807) is 6.07 Å². The number of rotatable bonds is 2. The van der Waals surface area contributed by atoms with Crippen molar-refractivity contribution < 1.29 is 0 Å². The van der Waals surface area contributed by atoms with Crippen LogP contribution in [0.5, 0.6) is 0 Å². The average molecular weight is 336 g/mol. The fraction of sp³-hybridized carbons (Fsp3) is 0.409. The van der Waals surface area contributed by atoms with Gasteiger partial charge in [0.1, 0.15) is 0 Å². The molecular weight excluding hydrogens is 308 g/mol. The first-order valence-corrected chi connectivity index (χ1v) is 9.03. The van der Waals surface area contributed by atoms with Crippen LogP contribution in [0.2, 0.25) is 0 Å². The number of nitrogens with one attached hydrogen (secondary N) is 2. The number of hydrogen-bond acceptors (Lipinski definition) is 2. The van der Waals surface area contributed by atoms with Gasteiger partial charge in [-0.2, -0.15) is 0 Å². The number of H-pyrrole nitrogens is 1. The number of hydrogen-bond donors (Lipinski definition) is 2. The third kappa shape index (κ3) is 3.62. The highest BCUT2D eigenvalue weighted by Gasteiger charge is 2.17. The summed E-state index contributed by atoms with van der Waals surface area (Å²) in [7, 11) is 0. The van der Waals surface area contributed by atoms with Crippen LogP contribution in [-0.4, -0.2) is 18.1 Å². The molecule has 1 aliphatic rings. The minimum Gasteiger partial charge on any atom is -0.358 e. The van der Waals surface area contributed by atoms with Crippen LogP contribution in [0.25, 0.3) is 16.8 Å². The molecule has 0 fully saturated rings. The largest absolute Gasteiger partial charge is 0.358 e. The van der Waals surface area contributed by atoms with E-state index in [0.29, 0.717) is 0 Å². The Balaban J connectivity index is 2.05. The Kier molecular flexibility index (Phi) is 4.70. The molecule has 0 saturated heterocycles. The van der Waals surface area contributed by atoms with Crippen molar-refractivity contribution in [2.24, 2.45) is 0 Å². The lowest BCUT2D eigenvalue weighted by Crippen LogP contribution is -2.23. The predicted molar refractivity (Wildman–Crippen MR) is 106 cm³/mol. The molecule has 0 aliphatic carbocycles. The van der Waals surface area contributed by atoms with Gasteiger partial charge in [0.2, 0.25) is 0 Å². The molecule has 0 saturated carbocycles. The average Bonchev–Trinajstić information content (AvgIpc) is 2.54. The molecule has 1 aromatic carbocycles. The third-order valence-electron chi connectivity index (χ3n) is 4.99. The molecule has 0 unspecified atom stereocenters. The van der Waals surface area contributed by atoms with Crippen molar-refractivity contribution in [1.29, 1.82) is 0 Å². The molecule has 0 spiro atoms. The Morgan fingerprint density at radius 1 is 1.08 bits per heavy atom. The number of aryl methyl sites for hydroxylation is 2. The van der Waals surface area contributed by atoms with Gasteiger partial charge >= 0.3 is 0 Å². The van der Waals surface area contributed by atoms with Crippen molar-refractivity contribution in [3.8, 4) is 11.3 Å². The first kappa shape index (κ1) is 17.7. The summed E-state index contributed by atoms with van der Waals surface area (Å²) in [5.74, 6) is 0. The molecule has 25 heavy (non-hydrogen) atoms. The number of benzene rings is 1. The van der Waals surface area contributed by atoms with Gasteiger partial charge in [0, 0.05) is 35.1 Å². The first-order valence-electron chi connectivity index (χ1n) is 9.03. The standard InChI is InChI=1S/C22H28N2O/c1-14-12-17(22(3,4)5)6-7-18(14)19-13-20(25)21(15(2)24-19)16-8-10-23-11-9-16/h6-8,12-13,23H,9-11H2,1-5H3,(H,24,25). The van der Waals surface area contributed by atoms with Crippen LogP contribution in [0.4, 0.5) is 0 Å². The van der Waals surface area contributed by atoms with Gasteiger partial charge in [0.05, 0.1) is 0 Å². The summed E-state index contributed by atoms with van der Waals surface area (Å²) in [5.41, 5.74) is 7.68. The van der Waals surface area contributed by atoms with Crippen LogP contribution in [0.3, 0.4) is 0 Å². The molecular formula is C22H28N2O. The van der Waals surface area contributed by atoms with E-state index in [9.17, 15) is 4.79 Å². The van der Waals surface area contributed by atoms with Crippen molar-refractivity contribution in [3.63, 3.8) is 0 Å². The molecule has 2 aromatic rings. The zero-order valence-electron chi connectivity index (χ0n) is 15.9. The maximum Gasteiger partial charge on any atom is 0.189 e. The molecule has 132 valence electrons.